The molecule has 0 fully saturated rings. The standard InChI is InChI=1S/C23H28ClN5O4/c1-6-32-18-9-8-15(12-16(18)24)17-13-29-19-20(26(4)23(31)27(5)21(19)30)25-22(29)28(17)10-7-11-33-14(2)3/h8-9,12-14H,6-7,10-11H2,1-5H3. The molecule has 0 saturated heterocycles. The molecule has 176 valence electrons. The van der Waals surface area contributed by atoms with Crippen LogP contribution in [0.5, 0.6) is 5.75 Å². The molecule has 0 unspecified atom stereocenters. The smallest absolute Gasteiger partial charge is 0.332 e. The first kappa shape index (κ1) is 23.1. The summed E-state index contributed by atoms with van der Waals surface area (Å²) < 4.78 is 17.5. The minimum Gasteiger partial charge on any atom is -0.492 e. The molecule has 3 aromatic heterocycles. The highest BCUT2D eigenvalue weighted by atomic mass is 35.5. The lowest BCUT2D eigenvalue weighted by Crippen LogP contribution is -2.37. The van der Waals surface area contributed by atoms with Gasteiger partial charge in [-0.1, -0.05) is 11.6 Å². The van der Waals surface area contributed by atoms with Gasteiger partial charge in [-0.25, -0.2) is 4.79 Å². The van der Waals surface area contributed by atoms with Crippen molar-refractivity contribution >= 4 is 28.5 Å². The van der Waals surface area contributed by atoms with E-state index in [-0.39, 0.29) is 6.10 Å². The van der Waals surface area contributed by atoms with Gasteiger partial charge in [0.15, 0.2) is 11.2 Å². The second kappa shape index (κ2) is 9.07. The van der Waals surface area contributed by atoms with Gasteiger partial charge in [0.2, 0.25) is 5.78 Å². The summed E-state index contributed by atoms with van der Waals surface area (Å²) >= 11 is 6.46. The van der Waals surface area contributed by atoms with Gasteiger partial charge in [-0.2, -0.15) is 4.98 Å². The fourth-order valence-electron chi connectivity index (χ4n) is 3.94. The molecule has 0 saturated carbocycles. The molecule has 4 rings (SSSR count). The molecule has 0 aliphatic carbocycles. The quantitative estimate of drug-likeness (QED) is 0.367. The monoisotopic (exact) mass is 473 g/mol. The number of ether oxygens (including phenoxy) is 2. The van der Waals surface area contributed by atoms with Gasteiger partial charge in [-0.3, -0.25) is 18.3 Å². The predicted molar refractivity (Wildman–Crippen MR) is 128 cm³/mol. The van der Waals surface area contributed by atoms with Gasteiger partial charge in [0.05, 0.1) is 23.4 Å². The van der Waals surface area contributed by atoms with Gasteiger partial charge in [0.25, 0.3) is 5.56 Å². The van der Waals surface area contributed by atoms with Crippen LogP contribution in [-0.2, 0) is 25.4 Å². The molecule has 0 amide bonds. The normalized spacial score (nSPS) is 11.8. The van der Waals surface area contributed by atoms with E-state index in [2.05, 4.69) is 4.98 Å². The molecular formula is C23H28ClN5O4. The van der Waals surface area contributed by atoms with Crippen molar-refractivity contribution in [1.82, 2.24) is 23.1 Å². The number of imidazole rings is 2. The first-order valence-electron chi connectivity index (χ1n) is 11.0. The Labute approximate surface area is 195 Å². The average Bonchev–Trinajstić information content (AvgIpc) is 3.32. The number of hydrogen-bond donors (Lipinski definition) is 0. The third kappa shape index (κ3) is 4.06. The van der Waals surface area contributed by atoms with E-state index in [0.29, 0.717) is 47.5 Å². The van der Waals surface area contributed by atoms with E-state index in [4.69, 9.17) is 21.1 Å². The molecule has 4 aromatic rings. The van der Waals surface area contributed by atoms with Crippen LogP contribution in [0.1, 0.15) is 27.2 Å². The van der Waals surface area contributed by atoms with Crippen LogP contribution < -0.4 is 16.0 Å². The average molecular weight is 474 g/mol. The zero-order chi connectivity index (χ0) is 23.9. The summed E-state index contributed by atoms with van der Waals surface area (Å²) in [6.07, 6.45) is 2.76. The zero-order valence-corrected chi connectivity index (χ0v) is 20.2. The molecule has 0 N–H and O–H groups in total. The van der Waals surface area contributed by atoms with Crippen molar-refractivity contribution in [3.63, 3.8) is 0 Å². The molecule has 0 spiro atoms. The highest BCUT2D eigenvalue weighted by Gasteiger charge is 2.21. The minimum absolute atomic E-state index is 0.144. The summed E-state index contributed by atoms with van der Waals surface area (Å²) in [7, 11) is 3.08. The highest BCUT2D eigenvalue weighted by Crippen LogP contribution is 2.32. The van der Waals surface area contributed by atoms with Crippen molar-refractivity contribution in [2.75, 3.05) is 13.2 Å². The number of aromatic nitrogens is 5. The summed E-state index contributed by atoms with van der Waals surface area (Å²) in [4.78, 5) is 30.0. The van der Waals surface area contributed by atoms with E-state index in [1.54, 1.807) is 11.4 Å². The first-order chi connectivity index (χ1) is 15.7. The summed E-state index contributed by atoms with van der Waals surface area (Å²) in [6.45, 7) is 7.63. The van der Waals surface area contributed by atoms with Crippen molar-refractivity contribution in [1.29, 1.82) is 0 Å². The van der Waals surface area contributed by atoms with Crippen LogP contribution in [0.2, 0.25) is 5.02 Å². The van der Waals surface area contributed by atoms with E-state index in [1.807, 2.05) is 49.7 Å². The predicted octanol–water partition coefficient (Wildman–Crippen LogP) is 3.22. The Bertz CT molecular complexity index is 1440. The Morgan fingerprint density at radius 2 is 1.91 bits per heavy atom. The molecule has 0 aliphatic heterocycles. The second-order valence-corrected chi connectivity index (χ2v) is 8.58. The fourth-order valence-corrected chi connectivity index (χ4v) is 4.18. The minimum atomic E-state index is -0.413. The van der Waals surface area contributed by atoms with Crippen LogP contribution >= 0.6 is 11.6 Å². The lowest BCUT2D eigenvalue weighted by Gasteiger charge is -2.12. The Hall–Kier alpha value is -3.04. The Morgan fingerprint density at radius 3 is 2.58 bits per heavy atom. The number of rotatable bonds is 8. The maximum atomic E-state index is 13.0. The van der Waals surface area contributed by atoms with Gasteiger partial charge < -0.3 is 14.0 Å². The van der Waals surface area contributed by atoms with Gasteiger partial charge in [-0.15, -0.1) is 0 Å². The first-order valence-corrected chi connectivity index (χ1v) is 11.3. The number of fused-ring (bicyclic) bond motifs is 3. The van der Waals surface area contributed by atoms with Gasteiger partial charge in [-0.05, 0) is 45.4 Å². The molecule has 0 atom stereocenters. The number of hydrogen-bond acceptors (Lipinski definition) is 5. The van der Waals surface area contributed by atoms with Crippen molar-refractivity contribution in [3.8, 4) is 17.0 Å². The zero-order valence-electron chi connectivity index (χ0n) is 19.5. The van der Waals surface area contributed by atoms with Crippen molar-refractivity contribution in [2.24, 2.45) is 14.1 Å². The van der Waals surface area contributed by atoms with Gasteiger partial charge in [0, 0.05) is 39.0 Å². The lowest BCUT2D eigenvalue weighted by atomic mass is 10.1. The number of nitrogens with zero attached hydrogens (tertiary/aromatic N) is 5. The molecule has 33 heavy (non-hydrogen) atoms. The molecule has 0 radical (unpaired) electrons. The number of aryl methyl sites for hydroxylation is 2. The largest absolute Gasteiger partial charge is 0.492 e. The maximum absolute atomic E-state index is 13.0. The lowest BCUT2D eigenvalue weighted by molar-refractivity contribution is 0.0750. The highest BCUT2D eigenvalue weighted by molar-refractivity contribution is 6.32. The van der Waals surface area contributed by atoms with E-state index in [1.165, 1.54) is 11.6 Å². The molecule has 1 aromatic carbocycles. The molecule has 9 nitrogen and oxygen atoms in total. The van der Waals surface area contributed by atoms with Gasteiger partial charge >= 0.3 is 5.69 Å². The SMILES string of the molecule is CCOc1ccc(-c2cn3c4c(=O)n(C)c(=O)n(C)c4nc3n2CCCOC(C)C)cc1Cl. The van der Waals surface area contributed by atoms with E-state index in [9.17, 15) is 9.59 Å². The third-order valence-electron chi connectivity index (χ3n) is 5.56. The van der Waals surface area contributed by atoms with Gasteiger partial charge in [0.1, 0.15) is 5.75 Å². The summed E-state index contributed by atoms with van der Waals surface area (Å²) in [5.41, 5.74) is 1.62. The summed E-state index contributed by atoms with van der Waals surface area (Å²) in [5, 5.41) is 0.506. The van der Waals surface area contributed by atoms with E-state index in [0.717, 1.165) is 22.2 Å². The summed E-state index contributed by atoms with van der Waals surface area (Å²) in [6, 6.07) is 5.62. The Balaban J connectivity index is 1.91. The molecule has 10 heteroatoms. The third-order valence-corrected chi connectivity index (χ3v) is 5.86. The number of halogens is 1. The Kier molecular flexibility index (Phi) is 6.36. The topological polar surface area (TPSA) is 84.7 Å². The Morgan fingerprint density at radius 1 is 1.15 bits per heavy atom. The van der Waals surface area contributed by atoms with Crippen LogP contribution in [0.15, 0.2) is 34.0 Å². The van der Waals surface area contributed by atoms with Crippen molar-refractivity contribution in [3.05, 3.63) is 50.3 Å². The van der Waals surface area contributed by atoms with Crippen LogP contribution in [0, 0.1) is 0 Å². The molecule has 0 aliphatic rings. The molecular weight excluding hydrogens is 446 g/mol. The second-order valence-electron chi connectivity index (χ2n) is 8.18. The van der Waals surface area contributed by atoms with Crippen LogP contribution in [0.3, 0.4) is 0 Å². The van der Waals surface area contributed by atoms with Crippen molar-refractivity contribution in [2.45, 2.75) is 39.8 Å². The van der Waals surface area contributed by atoms with Crippen LogP contribution in [0.25, 0.3) is 28.2 Å². The van der Waals surface area contributed by atoms with E-state index >= 15 is 0 Å². The molecule has 3 heterocycles. The van der Waals surface area contributed by atoms with Crippen molar-refractivity contribution < 1.29 is 9.47 Å². The van der Waals surface area contributed by atoms with Crippen LogP contribution in [-0.4, -0.2) is 42.4 Å². The summed E-state index contributed by atoms with van der Waals surface area (Å²) in [5.74, 6) is 1.19. The van der Waals surface area contributed by atoms with Crippen LogP contribution in [0.4, 0.5) is 0 Å². The fraction of sp³-hybridized carbons (Fsp3) is 0.435. The van der Waals surface area contributed by atoms with E-state index < -0.39 is 11.2 Å². The molecule has 0 bridgehead atoms. The maximum Gasteiger partial charge on any atom is 0.332 e. The number of benzene rings is 1.